The van der Waals surface area contributed by atoms with Crippen molar-refractivity contribution in [3.63, 3.8) is 0 Å². The average Bonchev–Trinajstić information content (AvgIpc) is 2.65. The molecule has 0 amide bonds. The molecule has 1 atom stereocenters. The van der Waals surface area contributed by atoms with Gasteiger partial charge in [-0.25, -0.2) is 4.68 Å². The lowest BCUT2D eigenvalue weighted by Gasteiger charge is -2.39. The first-order valence-corrected chi connectivity index (χ1v) is 6.76. The van der Waals surface area contributed by atoms with Gasteiger partial charge in [0.1, 0.15) is 0 Å². The summed E-state index contributed by atoms with van der Waals surface area (Å²) in [7, 11) is 5.76. The maximum atomic E-state index is 5.90. The highest BCUT2D eigenvalue weighted by Crippen LogP contribution is 2.24. The molecule has 0 saturated carbocycles. The van der Waals surface area contributed by atoms with E-state index in [2.05, 4.69) is 21.9 Å². The van der Waals surface area contributed by atoms with Gasteiger partial charge in [0.15, 0.2) is 0 Å². The maximum Gasteiger partial charge on any atom is 0.216 e. The second kappa shape index (κ2) is 5.90. The summed E-state index contributed by atoms with van der Waals surface area (Å²) in [6, 6.07) is 0.406. The zero-order chi connectivity index (χ0) is 14.0. The van der Waals surface area contributed by atoms with Crippen molar-refractivity contribution in [2.24, 2.45) is 12.8 Å². The normalized spacial score (nSPS) is 21.8. The molecule has 0 bridgehead atoms. The largest absolute Gasteiger partial charge is 0.481 e. The first kappa shape index (κ1) is 14.3. The first-order valence-electron chi connectivity index (χ1n) is 6.76. The SMILES string of the molecule is COc1c(CN2CCN(C)CC2CN)c(C)nn1C. The summed E-state index contributed by atoms with van der Waals surface area (Å²) >= 11 is 0. The average molecular weight is 267 g/mol. The van der Waals surface area contributed by atoms with Crippen LogP contribution in [0.2, 0.25) is 0 Å². The summed E-state index contributed by atoms with van der Waals surface area (Å²) in [5.74, 6) is 0.854. The predicted molar refractivity (Wildman–Crippen MR) is 75.2 cm³/mol. The van der Waals surface area contributed by atoms with Gasteiger partial charge in [-0.05, 0) is 14.0 Å². The summed E-state index contributed by atoms with van der Waals surface area (Å²) < 4.78 is 7.26. The third-order valence-electron chi connectivity index (χ3n) is 3.92. The van der Waals surface area contributed by atoms with E-state index in [0.29, 0.717) is 12.6 Å². The smallest absolute Gasteiger partial charge is 0.216 e. The lowest BCUT2D eigenvalue weighted by molar-refractivity contribution is 0.0871. The van der Waals surface area contributed by atoms with Gasteiger partial charge in [-0.15, -0.1) is 0 Å². The van der Waals surface area contributed by atoms with Gasteiger partial charge in [0.25, 0.3) is 0 Å². The van der Waals surface area contributed by atoms with Crippen molar-refractivity contribution in [3.8, 4) is 5.88 Å². The number of aromatic nitrogens is 2. The molecule has 1 fully saturated rings. The van der Waals surface area contributed by atoms with Gasteiger partial charge >= 0.3 is 0 Å². The second-order valence-electron chi connectivity index (χ2n) is 5.32. The Labute approximate surface area is 115 Å². The zero-order valence-corrected chi connectivity index (χ0v) is 12.4. The first-order chi connectivity index (χ1) is 9.06. The molecule has 0 spiro atoms. The van der Waals surface area contributed by atoms with Crippen LogP contribution in [-0.2, 0) is 13.6 Å². The molecule has 1 aromatic rings. The Morgan fingerprint density at radius 2 is 2.11 bits per heavy atom. The van der Waals surface area contributed by atoms with E-state index >= 15 is 0 Å². The molecule has 0 aromatic carbocycles. The van der Waals surface area contributed by atoms with Crippen LogP contribution in [0.4, 0.5) is 0 Å². The summed E-state index contributed by atoms with van der Waals surface area (Å²) in [4.78, 5) is 4.77. The predicted octanol–water partition coefficient (Wildman–Crippen LogP) is -0.188. The molecule has 108 valence electrons. The van der Waals surface area contributed by atoms with Crippen molar-refractivity contribution in [1.82, 2.24) is 19.6 Å². The zero-order valence-electron chi connectivity index (χ0n) is 12.4. The van der Waals surface area contributed by atoms with Crippen molar-refractivity contribution in [2.75, 3.05) is 40.3 Å². The Morgan fingerprint density at radius 3 is 2.74 bits per heavy atom. The Balaban J connectivity index is 2.16. The molecule has 0 radical (unpaired) electrons. The van der Waals surface area contributed by atoms with E-state index in [1.807, 2.05) is 14.0 Å². The van der Waals surface area contributed by atoms with E-state index in [4.69, 9.17) is 10.5 Å². The fourth-order valence-electron chi connectivity index (χ4n) is 2.80. The van der Waals surface area contributed by atoms with Crippen LogP contribution in [0, 0.1) is 6.92 Å². The van der Waals surface area contributed by atoms with Crippen LogP contribution in [0.25, 0.3) is 0 Å². The topological polar surface area (TPSA) is 59.6 Å². The number of nitrogens with two attached hydrogens (primary N) is 1. The Morgan fingerprint density at radius 1 is 1.37 bits per heavy atom. The number of rotatable bonds is 4. The molecule has 1 saturated heterocycles. The van der Waals surface area contributed by atoms with Crippen molar-refractivity contribution in [2.45, 2.75) is 19.5 Å². The lowest BCUT2D eigenvalue weighted by atomic mass is 10.1. The molecule has 6 nitrogen and oxygen atoms in total. The summed E-state index contributed by atoms with van der Waals surface area (Å²) in [6.07, 6.45) is 0. The highest BCUT2D eigenvalue weighted by molar-refractivity contribution is 5.31. The van der Waals surface area contributed by atoms with Gasteiger partial charge < -0.3 is 15.4 Å². The number of methoxy groups -OCH3 is 1. The van der Waals surface area contributed by atoms with Crippen molar-refractivity contribution >= 4 is 0 Å². The van der Waals surface area contributed by atoms with E-state index < -0.39 is 0 Å². The summed E-state index contributed by atoms with van der Waals surface area (Å²) in [5, 5.41) is 4.44. The minimum atomic E-state index is 0.406. The van der Waals surface area contributed by atoms with Gasteiger partial charge in [-0.3, -0.25) is 4.90 Å². The van der Waals surface area contributed by atoms with Gasteiger partial charge in [0.05, 0.1) is 18.4 Å². The van der Waals surface area contributed by atoms with Crippen LogP contribution < -0.4 is 10.5 Å². The fourth-order valence-corrected chi connectivity index (χ4v) is 2.80. The number of hydrogen-bond donors (Lipinski definition) is 1. The van der Waals surface area contributed by atoms with Crippen LogP contribution in [-0.4, -0.2) is 66.0 Å². The number of piperazine rings is 1. The molecule has 1 aromatic heterocycles. The Hall–Kier alpha value is -1.11. The van der Waals surface area contributed by atoms with E-state index in [1.165, 1.54) is 5.56 Å². The molecule has 19 heavy (non-hydrogen) atoms. The minimum absolute atomic E-state index is 0.406. The summed E-state index contributed by atoms with van der Waals surface area (Å²) in [6.45, 7) is 6.72. The molecule has 1 unspecified atom stereocenters. The van der Waals surface area contributed by atoms with Gasteiger partial charge in [-0.1, -0.05) is 0 Å². The second-order valence-corrected chi connectivity index (χ2v) is 5.32. The van der Waals surface area contributed by atoms with E-state index in [1.54, 1.807) is 11.8 Å². The molecule has 1 aliphatic rings. The third kappa shape index (κ3) is 2.91. The van der Waals surface area contributed by atoms with E-state index in [-0.39, 0.29) is 0 Å². The Bertz CT molecular complexity index is 431. The van der Waals surface area contributed by atoms with Crippen molar-refractivity contribution < 1.29 is 4.74 Å². The fraction of sp³-hybridized carbons (Fsp3) is 0.769. The molecule has 1 aliphatic heterocycles. The summed E-state index contributed by atoms with van der Waals surface area (Å²) in [5.41, 5.74) is 8.11. The van der Waals surface area contributed by atoms with Crippen molar-refractivity contribution in [1.29, 1.82) is 0 Å². The number of ether oxygens (including phenoxy) is 1. The molecule has 2 rings (SSSR count). The monoisotopic (exact) mass is 267 g/mol. The van der Waals surface area contributed by atoms with Crippen LogP contribution in [0.15, 0.2) is 0 Å². The quantitative estimate of drug-likeness (QED) is 0.819. The van der Waals surface area contributed by atoms with Gasteiger partial charge in [-0.2, -0.15) is 5.10 Å². The highest BCUT2D eigenvalue weighted by atomic mass is 16.5. The molecule has 2 heterocycles. The highest BCUT2D eigenvalue weighted by Gasteiger charge is 2.26. The molecule has 0 aliphatic carbocycles. The number of aryl methyl sites for hydroxylation is 2. The van der Waals surface area contributed by atoms with Crippen LogP contribution in [0.3, 0.4) is 0 Å². The molecular formula is C13H25N5O. The van der Waals surface area contributed by atoms with Crippen LogP contribution in [0.5, 0.6) is 5.88 Å². The number of hydrogen-bond acceptors (Lipinski definition) is 5. The van der Waals surface area contributed by atoms with Crippen LogP contribution in [0.1, 0.15) is 11.3 Å². The van der Waals surface area contributed by atoms with Crippen LogP contribution >= 0.6 is 0 Å². The van der Waals surface area contributed by atoms with Gasteiger partial charge in [0.2, 0.25) is 5.88 Å². The lowest BCUT2D eigenvalue weighted by Crippen LogP contribution is -2.54. The molecule has 6 heteroatoms. The molecular weight excluding hydrogens is 242 g/mol. The van der Waals surface area contributed by atoms with E-state index in [0.717, 1.165) is 37.8 Å². The van der Waals surface area contributed by atoms with E-state index in [9.17, 15) is 0 Å². The number of likely N-dealkylation sites (N-methyl/N-ethyl adjacent to an activating group) is 1. The maximum absolute atomic E-state index is 5.90. The standard InChI is InChI=1S/C13H25N5O/c1-10-12(13(19-4)17(3)15-10)9-18-6-5-16(2)8-11(18)7-14/h11H,5-9,14H2,1-4H3. The number of nitrogens with zero attached hydrogens (tertiary/aromatic N) is 4. The third-order valence-corrected chi connectivity index (χ3v) is 3.92. The minimum Gasteiger partial charge on any atom is -0.481 e. The van der Waals surface area contributed by atoms with Gasteiger partial charge in [0, 0.05) is 45.8 Å². The Kier molecular flexibility index (Phi) is 4.44. The molecule has 2 N–H and O–H groups in total. The van der Waals surface area contributed by atoms with Crippen molar-refractivity contribution in [3.05, 3.63) is 11.3 Å².